The van der Waals surface area contributed by atoms with Crippen LogP contribution < -0.4 is 0 Å². The Bertz CT molecular complexity index is 849. The van der Waals surface area contributed by atoms with Crippen molar-refractivity contribution in [1.29, 1.82) is 0 Å². The largest absolute Gasteiger partial charge is 0.506 e. The summed E-state index contributed by atoms with van der Waals surface area (Å²) in [5.74, 6) is 0.137. The summed E-state index contributed by atoms with van der Waals surface area (Å²) in [7, 11) is 0. The van der Waals surface area contributed by atoms with Crippen molar-refractivity contribution in [2.24, 2.45) is 9.98 Å². The third-order valence-corrected chi connectivity index (χ3v) is 3.30. The predicted octanol–water partition coefficient (Wildman–Crippen LogP) is 3.06. The maximum atomic E-state index is 9.93. The molecular weight excluding hydrogens is 262 g/mol. The van der Waals surface area contributed by atoms with Crippen LogP contribution in [0.25, 0.3) is 12.2 Å². The highest BCUT2D eigenvalue weighted by Gasteiger charge is 2.09. The predicted molar refractivity (Wildman–Crippen MR) is 84.1 cm³/mol. The van der Waals surface area contributed by atoms with Crippen molar-refractivity contribution in [2.75, 3.05) is 0 Å². The van der Waals surface area contributed by atoms with Crippen LogP contribution in [-0.2, 0) is 0 Å². The molecule has 0 amide bonds. The summed E-state index contributed by atoms with van der Waals surface area (Å²) < 4.78 is 0. The van der Waals surface area contributed by atoms with Crippen molar-refractivity contribution in [1.82, 2.24) is 4.98 Å². The van der Waals surface area contributed by atoms with Gasteiger partial charge in [0.15, 0.2) is 0 Å². The summed E-state index contributed by atoms with van der Waals surface area (Å²) in [5.41, 5.74) is 4.59. The number of hydrogen-bond donors (Lipinski definition) is 1. The Morgan fingerprint density at radius 3 is 2.05 bits per heavy atom. The Morgan fingerprint density at radius 2 is 1.33 bits per heavy atom. The van der Waals surface area contributed by atoms with Crippen LogP contribution in [0.3, 0.4) is 0 Å². The van der Waals surface area contributed by atoms with E-state index in [0.717, 1.165) is 28.5 Å². The molecule has 0 aliphatic carbocycles. The van der Waals surface area contributed by atoms with E-state index in [1.807, 2.05) is 42.5 Å². The molecule has 21 heavy (non-hydrogen) atoms. The molecule has 0 unspecified atom stereocenters. The molecule has 1 aromatic heterocycles. The minimum atomic E-state index is 0.137. The zero-order chi connectivity index (χ0) is 14.2. The molecule has 4 heteroatoms. The SMILES string of the molecule is Oc1ccc2nc1C=C1C=CC(=N1)C=CC1=NC(=C2)C=C1. The van der Waals surface area contributed by atoms with E-state index in [1.165, 1.54) is 0 Å². The number of aliphatic imine (C=N–C) groups is 2. The topological polar surface area (TPSA) is 57.8 Å². The molecule has 0 spiro atoms. The molecule has 0 atom stereocenters. The Hall–Kier alpha value is -3.01. The molecule has 0 aromatic carbocycles. The van der Waals surface area contributed by atoms with Crippen molar-refractivity contribution in [3.8, 4) is 5.75 Å². The van der Waals surface area contributed by atoms with Crippen molar-refractivity contribution in [3.05, 3.63) is 71.4 Å². The van der Waals surface area contributed by atoms with E-state index < -0.39 is 0 Å². The van der Waals surface area contributed by atoms with Gasteiger partial charge in [0.25, 0.3) is 0 Å². The second kappa shape index (κ2) is 4.52. The van der Waals surface area contributed by atoms with E-state index >= 15 is 0 Å². The summed E-state index contributed by atoms with van der Waals surface area (Å²) in [5, 5.41) is 9.93. The average molecular weight is 273 g/mol. The fourth-order valence-corrected chi connectivity index (χ4v) is 2.27. The summed E-state index contributed by atoms with van der Waals surface area (Å²) in [4.78, 5) is 13.4. The molecular formula is C17H11N3O. The first-order chi connectivity index (χ1) is 10.3. The summed E-state index contributed by atoms with van der Waals surface area (Å²) in [6.07, 6.45) is 15.2. The lowest BCUT2D eigenvalue weighted by atomic mass is 10.2. The van der Waals surface area contributed by atoms with Gasteiger partial charge in [-0.05, 0) is 60.7 Å². The van der Waals surface area contributed by atoms with E-state index in [2.05, 4.69) is 15.0 Å². The number of aromatic hydroxyl groups is 1. The van der Waals surface area contributed by atoms with Gasteiger partial charge in [0.1, 0.15) is 11.4 Å². The molecule has 0 radical (unpaired) electrons. The van der Waals surface area contributed by atoms with Gasteiger partial charge >= 0.3 is 0 Å². The van der Waals surface area contributed by atoms with Crippen LogP contribution in [0.4, 0.5) is 0 Å². The molecule has 0 saturated heterocycles. The highest BCUT2D eigenvalue weighted by Crippen LogP contribution is 2.23. The molecule has 4 nitrogen and oxygen atoms in total. The molecule has 100 valence electrons. The maximum Gasteiger partial charge on any atom is 0.141 e. The van der Waals surface area contributed by atoms with Crippen molar-refractivity contribution in [2.45, 2.75) is 0 Å². The van der Waals surface area contributed by atoms with Crippen LogP contribution in [0.2, 0.25) is 0 Å². The van der Waals surface area contributed by atoms with Crippen LogP contribution in [0, 0.1) is 0 Å². The minimum absolute atomic E-state index is 0.137. The van der Waals surface area contributed by atoms with E-state index in [1.54, 1.807) is 18.2 Å². The maximum absolute atomic E-state index is 9.93. The van der Waals surface area contributed by atoms with Crippen molar-refractivity contribution < 1.29 is 5.11 Å². The third kappa shape index (κ3) is 2.27. The molecule has 4 heterocycles. The third-order valence-electron chi connectivity index (χ3n) is 3.30. The minimum Gasteiger partial charge on any atom is -0.506 e. The second-order valence-corrected chi connectivity index (χ2v) is 4.85. The smallest absolute Gasteiger partial charge is 0.141 e. The number of pyridine rings is 1. The number of allylic oxidation sites excluding steroid dienone is 6. The van der Waals surface area contributed by atoms with Crippen LogP contribution in [0.1, 0.15) is 11.4 Å². The standard InChI is InChI=1S/C17H11N3O/c21-17-8-7-14-9-13-5-3-11(18-13)1-2-12-4-6-15(19-12)10-16(17)20-14/h1-10,21H. The highest BCUT2D eigenvalue weighted by molar-refractivity contribution is 6.14. The van der Waals surface area contributed by atoms with Crippen LogP contribution in [0.5, 0.6) is 5.75 Å². The van der Waals surface area contributed by atoms with Crippen LogP contribution in [-0.4, -0.2) is 21.5 Å². The Balaban J connectivity index is 1.94. The van der Waals surface area contributed by atoms with Gasteiger partial charge in [-0.2, -0.15) is 0 Å². The van der Waals surface area contributed by atoms with E-state index in [4.69, 9.17) is 0 Å². The summed E-state index contributed by atoms with van der Waals surface area (Å²) >= 11 is 0. The van der Waals surface area contributed by atoms with E-state index in [0.29, 0.717) is 5.69 Å². The van der Waals surface area contributed by atoms with E-state index in [9.17, 15) is 5.11 Å². The first-order valence-electron chi connectivity index (χ1n) is 6.61. The first-order valence-corrected chi connectivity index (χ1v) is 6.61. The number of hydrogen-bond acceptors (Lipinski definition) is 4. The normalized spacial score (nSPS) is 18.3. The zero-order valence-corrected chi connectivity index (χ0v) is 11.1. The van der Waals surface area contributed by atoms with Gasteiger partial charge in [-0.3, -0.25) is 0 Å². The van der Waals surface area contributed by atoms with E-state index in [-0.39, 0.29) is 5.75 Å². The van der Waals surface area contributed by atoms with Crippen molar-refractivity contribution in [3.63, 3.8) is 0 Å². The number of fused-ring (bicyclic) bond motifs is 4. The van der Waals surface area contributed by atoms with Gasteiger partial charge in [0.05, 0.1) is 28.5 Å². The molecule has 3 aliphatic rings. The lowest BCUT2D eigenvalue weighted by Crippen LogP contribution is -1.88. The van der Waals surface area contributed by atoms with Gasteiger partial charge in [-0.15, -0.1) is 0 Å². The Labute approximate surface area is 121 Å². The molecule has 0 saturated carbocycles. The summed E-state index contributed by atoms with van der Waals surface area (Å²) in [6.45, 7) is 0. The van der Waals surface area contributed by atoms with Gasteiger partial charge in [0, 0.05) is 0 Å². The van der Waals surface area contributed by atoms with Crippen LogP contribution in [0.15, 0.2) is 70.0 Å². The molecule has 3 aliphatic heterocycles. The van der Waals surface area contributed by atoms with Gasteiger partial charge < -0.3 is 5.11 Å². The Kier molecular flexibility index (Phi) is 2.54. The molecule has 1 aromatic rings. The van der Waals surface area contributed by atoms with Crippen LogP contribution >= 0.6 is 0 Å². The molecule has 0 fully saturated rings. The van der Waals surface area contributed by atoms with Gasteiger partial charge in [-0.1, -0.05) is 0 Å². The molecule has 6 bridgehead atoms. The fourth-order valence-electron chi connectivity index (χ4n) is 2.27. The highest BCUT2D eigenvalue weighted by atomic mass is 16.3. The number of nitrogens with zero attached hydrogens (tertiary/aromatic N) is 3. The second-order valence-electron chi connectivity index (χ2n) is 4.85. The lowest BCUT2D eigenvalue weighted by Gasteiger charge is -2.01. The summed E-state index contributed by atoms with van der Waals surface area (Å²) in [6, 6.07) is 3.40. The monoisotopic (exact) mass is 273 g/mol. The Morgan fingerprint density at radius 1 is 0.714 bits per heavy atom. The lowest BCUT2D eigenvalue weighted by molar-refractivity contribution is 0.471. The number of aromatic nitrogens is 1. The fraction of sp³-hybridized carbons (Fsp3) is 0. The van der Waals surface area contributed by atoms with Gasteiger partial charge in [0.2, 0.25) is 0 Å². The van der Waals surface area contributed by atoms with Gasteiger partial charge in [-0.25, -0.2) is 15.0 Å². The van der Waals surface area contributed by atoms with Crippen molar-refractivity contribution >= 4 is 23.6 Å². The molecule has 4 rings (SSSR count). The quantitative estimate of drug-likeness (QED) is 0.789. The zero-order valence-electron chi connectivity index (χ0n) is 11.1. The average Bonchev–Trinajstić information content (AvgIpc) is 3.09. The number of rotatable bonds is 0. The molecule has 1 N–H and O–H groups in total. The first kappa shape index (κ1) is 11.8.